The molecular formula is C17H18N4O2S. The number of rotatable bonds is 6. The van der Waals surface area contributed by atoms with E-state index in [2.05, 4.69) is 15.4 Å². The Morgan fingerprint density at radius 1 is 1.29 bits per heavy atom. The van der Waals surface area contributed by atoms with E-state index >= 15 is 0 Å². The number of benzene rings is 1. The summed E-state index contributed by atoms with van der Waals surface area (Å²) in [6.45, 7) is 2.43. The fourth-order valence-electron chi connectivity index (χ4n) is 2.11. The van der Waals surface area contributed by atoms with E-state index in [1.54, 1.807) is 24.0 Å². The predicted molar refractivity (Wildman–Crippen MR) is 93.2 cm³/mol. The van der Waals surface area contributed by atoms with Gasteiger partial charge in [-0.2, -0.15) is 5.10 Å². The molecule has 3 aromatic rings. The molecule has 1 aromatic carbocycles. The van der Waals surface area contributed by atoms with Crippen LogP contribution in [0.3, 0.4) is 0 Å². The molecule has 0 radical (unpaired) electrons. The third-order valence-electron chi connectivity index (χ3n) is 3.31. The van der Waals surface area contributed by atoms with Crippen LogP contribution >= 0.6 is 11.3 Å². The second-order valence-electron chi connectivity index (χ2n) is 5.43. The van der Waals surface area contributed by atoms with Crippen molar-refractivity contribution in [1.82, 2.24) is 14.8 Å². The van der Waals surface area contributed by atoms with E-state index in [9.17, 15) is 4.79 Å². The minimum atomic E-state index is -0.134. The first-order valence-corrected chi connectivity index (χ1v) is 8.39. The van der Waals surface area contributed by atoms with Gasteiger partial charge in [0.05, 0.1) is 12.1 Å². The van der Waals surface area contributed by atoms with E-state index in [1.807, 2.05) is 36.6 Å². The van der Waals surface area contributed by atoms with Gasteiger partial charge in [-0.15, -0.1) is 11.3 Å². The Labute approximate surface area is 144 Å². The average Bonchev–Trinajstić information content (AvgIpc) is 3.16. The van der Waals surface area contributed by atoms with Gasteiger partial charge < -0.3 is 10.1 Å². The van der Waals surface area contributed by atoms with Crippen molar-refractivity contribution < 1.29 is 9.53 Å². The molecule has 6 nitrogen and oxygen atoms in total. The fourth-order valence-corrected chi connectivity index (χ4v) is 2.81. The number of carbonyl (C=O) groups is 1. The minimum absolute atomic E-state index is 0.134. The predicted octanol–water partition coefficient (Wildman–Crippen LogP) is 2.95. The lowest BCUT2D eigenvalue weighted by molar-refractivity contribution is -0.115. The molecule has 0 fully saturated rings. The molecule has 0 aliphatic carbocycles. The zero-order chi connectivity index (χ0) is 16.9. The Hall–Kier alpha value is -2.67. The number of carbonyl (C=O) groups excluding carboxylic acids is 1. The molecule has 0 bridgehead atoms. The molecule has 1 N–H and O–H groups in total. The number of nitrogens with one attached hydrogen (secondary N) is 1. The molecule has 2 aromatic heterocycles. The maximum atomic E-state index is 12.0. The van der Waals surface area contributed by atoms with E-state index in [0.717, 1.165) is 16.5 Å². The average molecular weight is 342 g/mol. The molecule has 3 rings (SSSR count). The highest BCUT2D eigenvalue weighted by Crippen LogP contribution is 2.16. The molecule has 0 saturated carbocycles. The Bertz CT molecular complexity index is 823. The van der Waals surface area contributed by atoms with Crippen LogP contribution in [0.4, 0.5) is 5.82 Å². The van der Waals surface area contributed by atoms with Gasteiger partial charge in [-0.3, -0.25) is 9.48 Å². The van der Waals surface area contributed by atoms with Crippen LogP contribution in [0.5, 0.6) is 5.75 Å². The van der Waals surface area contributed by atoms with Crippen molar-refractivity contribution in [2.24, 2.45) is 7.05 Å². The van der Waals surface area contributed by atoms with Crippen LogP contribution in [0.15, 0.2) is 41.9 Å². The molecule has 0 aliphatic heterocycles. The van der Waals surface area contributed by atoms with Crippen molar-refractivity contribution in [2.45, 2.75) is 20.0 Å². The number of aromatic nitrogens is 3. The maximum absolute atomic E-state index is 12.0. The molecule has 0 aliphatic rings. The number of hydrogen-bond acceptors (Lipinski definition) is 5. The highest BCUT2D eigenvalue weighted by molar-refractivity contribution is 7.09. The number of hydrogen-bond donors (Lipinski definition) is 1. The van der Waals surface area contributed by atoms with Crippen LogP contribution in [0, 0.1) is 6.92 Å². The van der Waals surface area contributed by atoms with Crippen molar-refractivity contribution in [1.29, 1.82) is 0 Å². The van der Waals surface area contributed by atoms with Crippen LogP contribution in [-0.2, 0) is 24.9 Å². The Morgan fingerprint density at radius 3 is 2.79 bits per heavy atom. The molecule has 1 amide bonds. The first-order valence-electron chi connectivity index (χ1n) is 7.51. The van der Waals surface area contributed by atoms with Gasteiger partial charge in [-0.05, 0) is 19.1 Å². The normalized spacial score (nSPS) is 10.6. The molecule has 2 heterocycles. The maximum Gasteiger partial charge on any atom is 0.231 e. The van der Waals surface area contributed by atoms with Crippen LogP contribution in [0.25, 0.3) is 0 Å². The Morgan fingerprint density at radius 2 is 2.08 bits per heavy atom. The van der Waals surface area contributed by atoms with Crippen molar-refractivity contribution >= 4 is 23.1 Å². The van der Waals surface area contributed by atoms with E-state index in [0.29, 0.717) is 12.4 Å². The lowest BCUT2D eigenvalue weighted by Gasteiger charge is -2.03. The molecule has 124 valence electrons. The van der Waals surface area contributed by atoms with E-state index in [4.69, 9.17) is 4.74 Å². The third-order valence-corrected chi connectivity index (χ3v) is 4.18. The zero-order valence-electron chi connectivity index (χ0n) is 13.5. The standard InChI is InChI=1S/C17H18N4O2S/c1-12-3-5-14(6-4-12)23-10-17-18-13(11-24-17)9-16(22)19-15-7-8-21(2)20-15/h3-8,11H,9-10H2,1-2H3,(H,19,20,22). The summed E-state index contributed by atoms with van der Waals surface area (Å²) in [4.78, 5) is 16.4. The summed E-state index contributed by atoms with van der Waals surface area (Å²) < 4.78 is 7.34. The van der Waals surface area contributed by atoms with E-state index < -0.39 is 0 Å². The number of anilines is 1. The number of amides is 1. The first kappa shape index (κ1) is 16.2. The molecule has 0 saturated heterocycles. The van der Waals surface area contributed by atoms with E-state index in [-0.39, 0.29) is 12.3 Å². The van der Waals surface area contributed by atoms with Crippen molar-refractivity contribution in [3.63, 3.8) is 0 Å². The van der Waals surface area contributed by atoms with Crippen LogP contribution in [0.2, 0.25) is 0 Å². The summed E-state index contributed by atoms with van der Waals surface area (Å²) >= 11 is 1.49. The van der Waals surface area contributed by atoms with Crippen molar-refractivity contribution in [3.8, 4) is 5.75 Å². The lowest BCUT2D eigenvalue weighted by Crippen LogP contribution is -2.15. The molecule has 7 heteroatoms. The number of nitrogens with zero attached hydrogens (tertiary/aromatic N) is 3. The third kappa shape index (κ3) is 4.42. The molecule has 0 spiro atoms. The van der Waals surface area contributed by atoms with Gasteiger partial charge in [0, 0.05) is 24.7 Å². The van der Waals surface area contributed by atoms with Gasteiger partial charge in [-0.1, -0.05) is 17.7 Å². The first-order chi connectivity index (χ1) is 11.6. The smallest absolute Gasteiger partial charge is 0.231 e. The summed E-state index contributed by atoms with van der Waals surface area (Å²) in [5.74, 6) is 1.22. The molecule has 24 heavy (non-hydrogen) atoms. The number of aryl methyl sites for hydroxylation is 2. The van der Waals surface area contributed by atoms with Crippen LogP contribution in [-0.4, -0.2) is 20.7 Å². The molecule has 0 atom stereocenters. The fraction of sp³-hybridized carbons (Fsp3) is 0.235. The van der Waals surface area contributed by atoms with Crippen molar-refractivity contribution in [2.75, 3.05) is 5.32 Å². The number of thiazole rings is 1. The van der Waals surface area contributed by atoms with Gasteiger partial charge in [0.1, 0.15) is 17.4 Å². The van der Waals surface area contributed by atoms with Gasteiger partial charge >= 0.3 is 0 Å². The van der Waals surface area contributed by atoms with Crippen LogP contribution in [0.1, 0.15) is 16.3 Å². The second kappa shape index (κ2) is 7.27. The summed E-state index contributed by atoms with van der Waals surface area (Å²) in [5, 5.41) is 9.58. The monoisotopic (exact) mass is 342 g/mol. The Balaban J connectivity index is 1.51. The summed E-state index contributed by atoms with van der Waals surface area (Å²) in [6.07, 6.45) is 2.00. The number of ether oxygens (including phenoxy) is 1. The quantitative estimate of drug-likeness (QED) is 0.748. The van der Waals surface area contributed by atoms with Gasteiger partial charge in [0.25, 0.3) is 0 Å². The van der Waals surface area contributed by atoms with Gasteiger partial charge in [0.15, 0.2) is 5.82 Å². The van der Waals surface area contributed by atoms with Gasteiger partial charge in [-0.25, -0.2) is 4.98 Å². The summed E-state index contributed by atoms with van der Waals surface area (Å²) in [5.41, 5.74) is 1.92. The largest absolute Gasteiger partial charge is 0.486 e. The van der Waals surface area contributed by atoms with Gasteiger partial charge in [0.2, 0.25) is 5.91 Å². The van der Waals surface area contributed by atoms with Crippen molar-refractivity contribution in [3.05, 3.63) is 58.2 Å². The SMILES string of the molecule is Cc1ccc(OCc2nc(CC(=O)Nc3ccn(C)n3)cs2)cc1. The minimum Gasteiger partial charge on any atom is -0.486 e. The highest BCUT2D eigenvalue weighted by atomic mass is 32.1. The Kier molecular flexibility index (Phi) is 4.90. The molecular weight excluding hydrogens is 324 g/mol. The second-order valence-corrected chi connectivity index (χ2v) is 6.38. The highest BCUT2D eigenvalue weighted by Gasteiger charge is 2.09. The lowest BCUT2D eigenvalue weighted by atomic mass is 10.2. The zero-order valence-corrected chi connectivity index (χ0v) is 14.3. The van der Waals surface area contributed by atoms with E-state index in [1.165, 1.54) is 16.9 Å². The topological polar surface area (TPSA) is 69.0 Å². The molecule has 0 unspecified atom stereocenters. The summed E-state index contributed by atoms with van der Waals surface area (Å²) in [6, 6.07) is 9.63. The summed E-state index contributed by atoms with van der Waals surface area (Å²) in [7, 11) is 1.80. The van der Waals surface area contributed by atoms with Crippen LogP contribution < -0.4 is 10.1 Å².